The van der Waals surface area contributed by atoms with E-state index in [1.54, 1.807) is 12.1 Å². The van der Waals surface area contributed by atoms with Gasteiger partial charge in [-0.05, 0) is 12.1 Å². The first-order valence-corrected chi connectivity index (χ1v) is 5.60. The number of nitrogens with zero attached hydrogens (tertiary/aromatic N) is 2. The summed E-state index contributed by atoms with van der Waals surface area (Å²) in [4.78, 5) is 25.8. The Hall–Kier alpha value is -2.39. The highest BCUT2D eigenvalue weighted by molar-refractivity contribution is 7.24. The minimum atomic E-state index is -0.635. The zero-order valence-corrected chi connectivity index (χ0v) is 9.25. The van der Waals surface area contributed by atoms with Gasteiger partial charge in [-0.25, -0.2) is 4.79 Å². The third-order valence-corrected chi connectivity index (χ3v) is 3.64. The quantitative estimate of drug-likeness (QED) is 0.641. The van der Waals surface area contributed by atoms with Gasteiger partial charge in [-0.1, -0.05) is 12.1 Å². The summed E-state index contributed by atoms with van der Waals surface area (Å²) in [7, 11) is 0. The fourth-order valence-electron chi connectivity index (χ4n) is 1.76. The molecule has 3 aromatic rings. The molecule has 0 radical (unpaired) electrons. The van der Waals surface area contributed by atoms with Crippen LogP contribution in [0.15, 0.2) is 33.9 Å². The number of fused-ring (bicyclic) bond motifs is 3. The van der Waals surface area contributed by atoms with E-state index in [4.69, 9.17) is 5.26 Å². The highest BCUT2D eigenvalue weighted by Crippen LogP contribution is 2.25. The van der Waals surface area contributed by atoms with Crippen LogP contribution in [0.1, 0.15) is 5.56 Å². The van der Waals surface area contributed by atoms with E-state index in [0.717, 1.165) is 4.70 Å². The lowest BCUT2D eigenvalue weighted by Crippen LogP contribution is -2.27. The first-order valence-electron chi connectivity index (χ1n) is 4.79. The molecule has 82 valence electrons. The average molecular weight is 243 g/mol. The summed E-state index contributed by atoms with van der Waals surface area (Å²) in [5.41, 5.74) is -0.471. The van der Waals surface area contributed by atoms with Crippen molar-refractivity contribution in [2.24, 2.45) is 0 Å². The van der Waals surface area contributed by atoms with E-state index in [9.17, 15) is 9.59 Å². The van der Waals surface area contributed by atoms with Gasteiger partial charge in [-0.3, -0.25) is 14.2 Å². The summed E-state index contributed by atoms with van der Waals surface area (Å²) < 4.78 is 2.22. The van der Waals surface area contributed by atoms with Crippen molar-refractivity contribution in [3.63, 3.8) is 0 Å². The van der Waals surface area contributed by atoms with E-state index in [-0.39, 0.29) is 5.56 Å². The van der Waals surface area contributed by atoms with E-state index in [2.05, 4.69) is 4.98 Å². The number of aromatic amines is 1. The number of thiazole rings is 1. The topological polar surface area (TPSA) is 78.1 Å². The number of H-pyrrole nitrogens is 1. The lowest BCUT2D eigenvalue weighted by molar-refractivity contribution is 1.00. The zero-order chi connectivity index (χ0) is 12.0. The van der Waals surface area contributed by atoms with Gasteiger partial charge in [0.25, 0.3) is 5.56 Å². The molecule has 6 heteroatoms. The average Bonchev–Trinajstić information content (AvgIpc) is 2.68. The van der Waals surface area contributed by atoms with Gasteiger partial charge in [0.1, 0.15) is 10.9 Å². The van der Waals surface area contributed by atoms with Crippen LogP contribution in [0.2, 0.25) is 0 Å². The maximum atomic E-state index is 11.7. The normalized spacial score (nSPS) is 10.8. The van der Waals surface area contributed by atoms with Crippen LogP contribution in [-0.2, 0) is 0 Å². The number of benzene rings is 1. The Morgan fingerprint density at radius 1 is 1.29 bits per heavy atom. The van der Waals surface area contributed by atoms with Gasteiger partial charge in [0.2, 0.25) is 0 Å². The molecule has 0 saturated carbocycles. The molecular formula is C11H5N3O2S. The Morgan fingerprint density at radius 2 is 2.06 bits per heavy atom. The second-order valence-corrected chi connectivity index (χ2v) is 4.49. The highest BCUT2D eigenvalue weighted by atomic mass is 32.1. The number of nitrogens with one attached hydrogen (secondary N) is 1. The predicted molar refractivity (Wildman–Crippen MR) is 64.4 cm³/mol. The van der Waals surface area contributed by atoms with E-state index in [1.165, 1.54) is 15.7 Å². The number of hydrogen-bond acceptors (Lipinski definition) is 4. The molecule has 0 spiro atoms. The standard InChI is InChI=1S/C11H5N3O2S/c12-5-6-9(15)13-11(16)14-7-3-1-2-4-8(7)17-10(6)14/h1-4H,(H,13,15,16). The number of aromatic nitrogens is 2. The van der Waals surface area contributed by atoms with Crippen molar-refractivity contribution in [1.82, 2.24) is 9.38 Å². The lowest BCUT2D eigenvalue weighted by Gasteiger charge is -1.94. The molecule has 2 heterocycles. The number of hydrogen-bond donors (Lipinski definition) is 1. The van der Waals surface area contributed by atoms with E-state index in [1.807, 2.05) is 18.2 Å². The van der Waals surface area contributed by atoms with Crippen molar-refractivity contribution < 1.29 is 0 Å². The summed E-state index contributed by atoms with van der Waals surface area (Å²) in [5.74, 6) is 0. The molecule has 0 fully saturated rings. The number of rotatable bonds is 0. The molecule has 1 aromatic carbocycles. The molecule has 0 saturated heterocycles. The maximum Gasteiger partial charge on any atom is 0.334 e. The van der Waals surface area contributed by atoms with Crippen molar-refractivity contribution in [3.05, 3.63) is 50.7 Å². The monoisotopic (exact) mass is 243 g/mol. The highest BCUT2D eigenvalue weighted by Gasteiger charge is 2.13. The Morgan fingerprint density at radius 3 is 2.82 bits per heavy atom. The molecule has 0 amide bonds. The van der Waals surface area contributed by atoms with Gasteiger partial charge in [0.05, 0.1) is 10.2 Å². The third-order valence-electron chi connectivity index (χ3n) is 2.49. The molecule has 0 atom stereocenters. The minimum Gasteiger partial charge on any atom is -0.272 e. The van der Waals surface area contributed by atoms with E-state index in [0.29, 0.717) is 10.3 Å². The Kier molecular flexibility index (Phi) is 1.90. The van der Waals surface area contributed by atoms with Crippen molar-refractivity contribution in [2.45, 2.75) is 0 Å². The number of para-hydroxylation sites is 1. The second kappa shape index (κ2) is 3.30. The minimum absolute atomic E-state index is 0.0224. The van der Waals surface area contributed by atoms with Crippen LogP contribution in [-0.4, -0.2) is 9.38 Å². The van der Waals surface area contributed by atoms with Crippen LogP contribution in [0.25, 0.3) is 15.0 Å². The summed E-state index contributed by atoms with van der Waals surface area (Å²) in [6, 6.07) is 9.10. The molecule has 0 bridgehead atoms. The first-order chi connectivity index (χ1) is 8.22. The van der Waals surface area contributed by atoms with Crippen LogP contribution < -0.4 is 11.2 Å². The van der Waals surface area contributed by atoms with Crippen molar-refractivity contribution >= 4 is 26.4 Å². The summed E-state index contributed by atoms with van der Waals surface area (Å²) >= 11 is 1.26. The summed E-state index contributed by atoms with van der Waals surface area (Å²) in [6.07, 6.45) is 0. The van der Waals surface area contributed by atoms with Crippen LogP contribution in [0.4, 0.5) is 0 Å². The molecule has 17 heavy (non-hydrogen) atoms. The largest absolute Gasteiger partial charge is 0.334 e. The molecular weight excluding hydrogens is 238 g/mol. The van der Waals surface area contributed by atoms with Crippen molar-refractivity contribution in [1.29, 1.82) is 5.26 Å². The molecule has 3 rings (SSSR count). The number of nitriles is 1. The van der Waals surface area contributed by atoms with Crippen LogP contribution >= 0.6 is 11.3 Å². The lowest BCUT2D eigenvalue weighted by atomic mass is 10.3. The Balaban J connectivity index is 2.76. The molecule has 0 unspecified atom stereocenters. The molecule has 0 aliphatic rings. The predicted octanol–water partition coefficient (Wildman–Crippen LogP) is 1.07. The Bertz CT molecular complexity index is 895. The molecule has 1 N–H and O–H groups in total. The SMILES string of the molecule is N#Cc1c(=O)[nH]c(=O)n2c1sc1ccccc12. The maximum absolute atomic E-state index is 11.7. The van der Waals surface area contributed by atoms with Gasteiger partial charge >= 0.3 is 5.69 Å². The van der Waals surface area contributed by atoms with E-state index >= 15 is 0 Å². The zero-order valence-electron chi connectivity index (χ0n) is 8.43. The van der Waals surface area contributed by atoms with Crippen molar-refractivity contribution in [3.8, 4) is 6.07 Å². The molecule has 0 aliphatic heterocycles. The first kappa shape index (κ1) is 9.81. The van der Waals surface area contributed by atoms with Gasteiger partial charge in [-0.2, -0.15) is 5.26 Å². The van der Waals surface area contributed by atoms with Crippen LogP contribution in [0.3, 0.4) is 0 Å². The summed E-state index contributed by atoms with van der Waals surface area (Å²) in [5, 5.41) is 8.95. The molecule has 0 aliphatic carbocycles. The second-order valence-electron chi connectivity index (χ2n) is 3.46. The fraction of sp³-hybridized carbons (Fsp3) is 0. The van der Waals surface area contributed by atoms with Crippen LogP contribution in [0, 0.1) is 11.3 Å². The van der Waals surface area contributed by atoms with E-state index < -0.39 is 11.2 Å². The molecule has 5 nitrogen and oxygen atoms in total. The Labute approximate surface area is 98.2 Å². The fourth-order valence-corrected chi connectivity index (χ4v) is 2.89. The van der Waals surface area contributed by atoms with Gasteiger partial charge < -0.3 is 0 Å². The van der Waals surface area contributed by atoms with Gasteiger partial charge in [-0.15, -0.1) is 11.3 Å². The van der Waals surface area contributed by atoms with Gasteiger partial charge in [0, 0.05) is 0 Å². The molecule has 2 aromatic heterocycles. The van der Waals surface area contributed by atoms with Crippen LogP contribution in [0.5, 0.6) is 0 Å². The third kappa shape index (κ3) is 1.23. The van der Waals surface area contributed by atoms with Crippen molar-refractivity contribution in [2.75, 3.05) is 0 Å². The smallest absolute Gasteiger partial charge is 0.272 e. The van der Waals surface area contributed by atoms with Gasteiger partial charge in [0.15, 0.2) is 5.56 Å². The summed E-state index contributed by atoms with van der Waals surface area (Å²) in [6.45, 7) is 0.